The zero-order valence-electron chi connectivity index (χ0n) is 50.4. The van der Waals surface area contributed by atoms with Crippen molar-refractivity contribution in [2.24, 2.45) is 0 Å². The third-order valence-electron chi connectivity index (χ3n) is 14.4. The number of aliphatic carboxylic acids is 2. The van der Waals surface area contributed by atoms with Crippen LogP contribution in [0, 0.1) is 23.7 Å². The molecule has 28 heteroatoms. The molecule has 12 atom stereocenters. The third-order valence-corrected chi connectivity index (χ3v) is 16.5. The van der Waals surface area contributed by atoms with Crippen molar-refractivity contribution in [2.75, 3.05) is 62.4 Å². The summed E-state index contributed by atoms with van der Waals surface area (Å²) in [5.74, 6) is 0.308. The molecule has 0 spiro atoms. The van der Waals surface area contributed by atoms with Crippen LogP contribution in [0.15, 0.2) is 109 Å². The van der Waals surface area contributed by atoms with Gasteiger partial charge in [0, 0.05) is 98.5 Å². The number of ether oxygens (including phenoxy) is 4. The number of benzene rings is 4. The van der Waals surface area contributed by atoms with Crippen LogP contribution in [0.3, 0.4) is 0 Å². The Morgan fingerprint density at radius 2 is 0.891 bits per heavy atom. The Bertz CT molecular complexity index is 3040. The van der Waals surface area contributed by atoms with Crippen molar-refractivity contribution in [3.8, 4) is 34.8 Å². The van der Waals surface area contributed by atoms with Crippen LogP contribution in [0.2, 0.25) is 0 Å². The molecule has 92 heavy (non-hydrogen) atoms. The second-order valence-electron chi connectivity index (χ2n) is 21.3. The van der Waals surface area contributed by atoms with Gasteiger partial charge in [0.15, 0.2) is 0 Å². The van der Waals surface area contributed by atoms with E-state index >= 15 is 0 Å². The molecule has 0 bridgehead atoms. The maximum Gasteiger partial charge on any atom is 0.364 e. The van der Waals surface area contributed by atoms with Crippen molar-refractivity contribution >= 4 is 70.9 Å². The SMILES string of the molecule is CC(=O)N[C@@H]1[C@@H](O)C[C@](OCCCSCCNC(=O)c2ccc(-c3ccc(C(=O)NCCSCCCO[C@]4(C(=O)O)C[C@H](O)[C@@H](NC(C)=O)[C@H](C(O)[C@H](O)CNC(=O)C#Cc5ccccc5)O4)cc3)cc2)(C(=O)O)O[C@H]1C(O)[C@H](O)CNC(=O)C#Cc1ccccc1. The predicted octanol–water partition coefficient (Wildman–Crippen LogP) is -0.257. The van der Waals surface area contributed by atoms with Gasteiger partial charge in [-0.15, -0.1) is 0 Å². The second-order valence-corrected chi connectivity index (χ2v) is 23.8. The fraction of sp³-hybridized carbons (Fsp3) is 0.438. The molecule has 6 rings (SSSR count). The average molecular weight is 1310 g/mol. The first kappa shape index (κ1) is 73.1. The molecule has 0 saturated carbocycles. The average Bonchev–Trinajstić information content (AvgIpc) is 0.866. The van der Waals surface area contributed by atoms with Crippen LogP contribution in [-0.4, -0.2) is 223 Å². The monoisotopic (exact) mass is 1310 g/mol. The molecular weight excluding hydrogens is 1240 g/mol. The Morgan fingerprint density at radius 3 is 1.23 bits per heavy atom. The summed E-state index contributed by atoms with van der Waals surface area (Å²) < 4.78 is 23.0. The van der Waals surface area contributed by atoms with Gasteiger partial charge in [-0.3, -0.25) is 28.8 Å². The van der Waals surface area contributed by atoms with Crippen molar-refractivity contribution in [1.82, 2.24) is 31.9 Å². The molecule has 4 aromatic carbocycles. The van der Waals surface area contributed by atoms with Crippen molar-refractivity contribution < 1.29 is 98.2 Å². The van der Waals surface area contributed by atoms with Crippen LogP contribution < -0.4 is 31.9 Å². The predicted molar refractivity (Wildman–Crippen MR) is 336 cm³/mol. The number of thioether (sulfide) groups is 2. The van der Waals surface area contributed by atoms with Gasteiger partial charge in [-0.25, -0.2) is 9.59 Å². The summed E-state index contributed by atoms with van der Waals surface area (Å²) in [4.78, 5) is 100. The molecule has 2 heterocycles. The van der Waals surface area contributed by atoms with E-state index < -0.39 is 134 Å². The molecule has 0 radical (unpaired) electrons. The zero-order valence-corrected chi connectivity index (χ0v) is 52.0. The quantitative estimate of drug-likeness (QED) is 0.0228. The summed E-state index contributed by atoms with van der Waals surface area (Å²) in [6, 6.07) is 28.3. The number of aliphatic hydroxyl groups is 6. The number of carboxylic acid groups (broad SMARTS) is 2. The Morgan fingerprint density at radius 1 is 0.533 bits per heavy atom. The van der Waals surface area contributed by atoms with Gasteiger partial charge in [0.05, 0.1) is 49.7 Å². The first-order chi connectivity index (χ1) is 44.0. The molecule has 2 saturated heterocycles. The first-order valence-electron chi connectivity index (χ1n) is 29.4. The van der Waals surface area contributed by atoms with E-state index in [1.165, 1.54) is 23.5 Å². The van der Waals surface area contributed by atoms with E-state index in [1.807, 2.05) is 0 Å². The number of nitrogens with one attached hydrogen (secondary N) is 6. The zero-order chi connectivity index (χ0) is 66.8. The van der Waals surface area contributed by atoms with Crippen LogP contribution >= 0.6 is 23.5 Å². The summed E-state index contributed by atoms with van der Waals surface area (Å²) in [6.45, 7) is 1.47. The van der Waals surface area contributed by atoms with Gasteiger partial charge in [-0.2, -0.15) is 23.5 Å². The summed E-state index contributed by atoms with van der Waals surface area (Å²) in [6.07, 6.45) is -14.6. The van der Waals surface area contributed by atoms with E-state index in [-0.39, 0.29) is 25.0 Å². The fourth-order valence-electron chi connectivity index (χ4n) is 9.67. The Kier molecular flexibility index (Phi) is 28.9. The molecule has 14 N–H and O–H groups in total. The van der Waals surface area contributed by atoms with Crippen LogP contribution in [-0.2, 0) is 47.7 Å². The summed E-state index contributed by atoms with van der Waals surface area (Å²) in [5, 5.41) is 102. The minimum atomic E-state index is -2.48. The molecule has 2 aliphatic rings. The van der Waals surface area contributed by atoms with E-state index in [2.05, 4.69) is 55.6 Å². The summed E-state index contributed by atoms with van der Waals surface area (Å²) in [7, 11) is 0. The molecule has 2 unspecified atom stereocenters. The number of hydrogen-bond acceptors (Lipinski definition) is 20. The lowest BCUT2D eigenvalue weighted by molar-refractivity contribution is -0.310. The van der Waals surface area contributed by atoms with E-state index in [9.17, 15) is 79.2 Å². The van der Waals surface area contributed by atoms with Crippen molar-refractivity contribution in [1.29, 1.82) is 0 Å². The number of carboxylic acids is 2. The third kappa shape index (κ3) is 22.1. The first-order valence-corrected chi connectivity index (χ1v) is 31.7. The molecule has 494 valence electrons. The summed E-state index contributed by atoms with van der Waals surface area (Å²) >= 11 is 2.90. The molecular formula is C64H76N6O20S2. The maximum atomic E-state index is 13.0. The smallest absolute Gasteiger partial charge is 0.364 e. The number of rotatable bonds is 31. The van der Waals surface area contributed by atoms with Crippen LogP contribution in [0.5, 0.6) is 0 Å². The van der Waals surface area contributed by atoms with Gasteiger partial charge in [0.25, 0.3) is 35.2 Å². The molecule has 2 fully saturated rings. The Balaban J connectivity index is 0.865. The standard InChI is InChI=1S/C64H76N6O20S2/c1-39(71)69-53-47(73)35-63(61(83)84,89-57(53)55(79)49(75)37-67-51(77)25-15-41-11-5-3-6-12-41)87-29-9-31-91-33-27-65-59(81)45-21-17-43(18-22-45)44-19-23-46(24-20-44)60(82)66-28-34-92-32-10-30-88-64(62(85)86)36-48(74)54(70-40(2)72)58(90-64)56(80)50(76)38-68-52(78)26-16-42-13-7-4-8-14-42/h3-8,11-14,17-24,47-50,53-58,73-76,79-80H,9-10,27-38H2,1-2H3,(H,65,81)(H,66,82)(H,67,77)(H,68,78)(H,69,71)(H,70,72)(H,83,84)(H,85,86)/t47-,48-,49+,50+,53+,54+,55?,56?,57+,58+,63+,64+/m0/s1. The van der Waals surface area contributed by atoms with Gasteiger partial charge in [0.1, 0.15) is 24.4 Å². The Hall–Kier alpha value is -7.94. The van der Waals surface area contributed by atoms with Crippen LogP contribution in [0.1, 0.15) is 71.4 Å². The normalized spacial score (nSPS) is 22.2. The van der Waals surface area contributed by atoms with E-state index in [0.717, 1.165) is 25.0 Å². The largest absolute Gasteiger partial charge is 0.477 e. The fourth-order valence-corrected chi connectivity index (χ4v) is 11.2. The Labute approximate surface area is 539 Å². The summed E-state index contributed by atoms with van der Waals surface area (Å²) in [5.41, 5.74) is 3.53. The highest BCUT2D eigenvalue weighted by atomic mass is 32.2. The van der Waals surface area contributed by atoms with Crippen LogP contribution in [0.25, 0.3) is 11.1 Å². The van der Waals surface area contributed by atoms with Crippen molar-refractivity contribution in [3.05, 3.63) is 131 Å². The molecule has 0 aromatic heterocycles. The van der Waals surface area contributed by atoms with Gasteiger partial charge in [-0.1, -0.05) is 72.5 Å². The lowest BCUT2D eigenvalue weighted by Crippen LogP contribution is -2.68. The number of amides is 6. The van der Waals surface area contributed by atoms with Gasteiger partial charge in [0.2, 0.25) is 11.8 Å². The van der Waals surface area contributed by atoms with Gasteiger partial charge in [-0.05, 0) is 84.0 Å². The number of carbonyl (C=O) groups excluding carboxylic acids is 6. The number of carbonyl (C=O) groups is 8. The number of aliphatic hydroxyl groups excluding tert-OH is 6. The molecule has 26 nitrogen and oxygen atoms in total. The van der Waals surface area contributed by atoms with Crippen molar-refractivity contribution in [3.63, 3.8) is 0 Å². The molecule has 2 aliphatic heterocycles. The van der Waals surface area contributed by atoms with E-state index in [1.54, 1.807) is 109 Å². The van der Waals surface area contributed by atoms with Gasteiger partial charge >= 0.3 is 11.9 Å². The minimum Gasteiger partial charge on any atom is -0.477 e. The highest BCUT2D eigenvalue weighted by Crippen LogP contribution is 2.36. The molecule has 6 amide bonds. The lowest BCUT2D eigenvalue weighted by Gasteiger charge is -2.46. The van der Waals surface area contributed by atoms with Crippen molar-refractivity contribution in [2.45, 2.75) is 112 Å². The number of hydrogen-bond donors (Lipinski definition) is 14. The molecule has 4 aromatic rings. The topological polar surface area (TPSA) is 408 Å². The maximum absolute atomic E-state index is 13.0. The lowest BCUT2D eigenvalue weighted by atomic mass is 9.88. The van der Waals surface area contributed by atoms with Crippen LogP contribution in [0.4, 0.5) is 0 Å². The van der Waals surface area contributed by atoms with E-state index in [0.29, 0.717) is 71.2 Å². The van der Waals surface area contributed by atoms with Gasteiger partial charge < -0.3 is 91.7 Å². The van der Waals surface area contributed by atoms with E-state index in [4.69, 9.17) is 18.9 Å². The highest BCUT2D eigenvalue weighted by Gasteiger charge is 2.57. The minimum absolute atomic E-state index is 0.168. The highest BCUT2D eigenvalue weighted by molar-refractivity contribution is 7.99. The molecule has 0 aliphatic carbocycles. The second kappa shape index (κ2) is 36.3.